The van der Waals surface area contributed by atoms with Crippen LogP contribution in [0.25, 0.3) is 66.1 Å². The highest BCUT2D eigenvalue weighted by Gasteiger charge is 2.19. The Morgan fingerprint density at radius 3 is 1.62 bits per heavy atom. The summed E-state index contributed by atoms with van der Waals surface area (Å²) >= 11 is 0. The third kappa shape index (κ3) is 3.17. The van der Waals surface area contributed by atoms with Crippen LogP contribution in [0.4, 0.5) is 0 Å². The number of benzene rings is 6. The van der Waals surface area contributed by atoms with Gasteiger partial charge in [-0.25, -0.2) is 0 Å². The maximum atomic E-state index is 9.34. The van der Waals surface area contributed by atoms with E-state index in [4.69, 9.17) is 0 Å². The van der Waals surface area contributed by atoms with Crippen molar-refractivity contribution >= 4 is 43.6 Å². The van der Waals surface area contributed by atoms with E-state index in [1.807, 2.05) is 24.3 Å². The van der Waals surface area contributed by atoms with E-state index in [1.54, 1.807) is 0 Å². The smallest absolute Gasteiger partial charge is 0.0991 e. The first-order chi connectivity index (χ1) is 19.8. The van der Waals surface area contributed by atoms with E-state index < -0.39 is 0 Å². The molecule has 40 heavy (non-hydrogen) atoms. The van der Waals surface area contributed by atoms with Crippen LogP contribution in [0, 0.1) is 11.3 Å². The zero-order chi connectivity index (χ0) is 26.6. The minimum atomic E-state index is 0.658. The Kier molecular flexibility index (Phi) is 4.89. The molecule has 0 aliphatic heterocycles. The molecule has 0 unspecified atom stereocenters. The van der Waals surface area contributed by atoms with Gasteiger partial charge in [0.15, 0.2) is 0 Å². The molecule has 0 fully saturated rings. The number of fused-ring (bicyclic) bond motifs is 6. The van der Waals surface area contributed by atoms with Crippen LogP contribution in [-0.4, -0.2) is 9.13 Å². The normalized spacial score (nSPS) is 11.5. The lowest BCUT2D eigenvalue weighted by Crippen LogP contribution is -1.97. The number of aromatic nitrogens is 2. The van der Waals surface area contributed by atoms with Crippen LogP contribution in [0.2, 0.25) is 0 Å². The van der Waals surface area contributed by atoms with E-state index in [2.05, 4.69) is 130 Å². The molecule has 6 aromatic carbocycles. The van der Waals surface area contributed by atoms with E-state index >= 15 is 0 Å². The number of nitrogens with zero attached hydrogens (tertiary/aromatic N) is 3. The maximum absolute atomic E-state index is 9.34. The van der Waals surface area contributed by atoms with Gasteiger partial charge in [0.1, 0.15) is 0 Å². The van der Waals surface area contributed by atoms with Crippen molar-refractivity contribution in [3.63, 3.8) is 0 Å². The molecule has 0 spiro atoms. The van der Waals surface area contributed by atoms with Crippen LogP contribution in [0.3, 0.4) is 0 Å². The molecular weight excluding hydrogens is 486 g/mol. The van der Waals surface area contributed by atoms with Gasteiger partial charge in [-0.15, -0.1) is 0 Å². The van der Waals surface area contributed by atoms with Crippen molar-refractivity contribution in [2.75, 3.05) is 0 Å². The first-order valence-electron chi connectivity index (χ1n) is 13.4. The Bertz CT molecular complexity index is 2220. The molecule has 2 aromatic heterocycles. The van der Waals surface area contributed by atoms with Crippen LogP contribution in [0.15, 0.2) is 140 Å². The number of para-hydroxylation sites is 4. The van der Waals surface area contributed by atoms with Crippen molar-refractivity contribution in [1.29, 1.82) is 5.26 Å². The van der Waals surface area contributed by atoms with Gasteiger partial charge in [0.05, 0.1) is 39.4 Å². The summed E-state index contributed by atoms with van der Waals surface area (Å²) in [7, 11) is 0. The highest BCUT2D eigenvalue weighted by Crippen LogP contribution is 2.42. The fourth-order valence-electron chi connectivity index (χ4n) is 6.29. The standard InChI is InChI=1S/C37H23N3/c38-24-25-20-22-26(23-21-25)39-35-18-8-4-13-31(35)37-30(14-9-19-36(37)39)29-12-3-7-17-34(29)40-32-15-5-1-10-27(32)28-11-2-6-16-33(28)40/h1-23H. The molecule has 0 radical (unpaired) electrons. The summed E-state index contributed by atoms with van der Waals surface area (Å²) in [5.41, 5.74) is 9.91. The van der Waals surface area contributed by atoms with Gasteiger partial charge in [-0.1, -0.05) is 84.9 Å². The minimum Gasteiger partial charge on any atom is -0.309 e. The van der Waals surface area contributed by atoms with Crippen molar-refractivity contribution in [3.05, 3.63) is 145 Å². The Hall–Kier alpha value is -5.59. The molecule has 0 N–H and O–H groups in total. The lowest BCUT2D eigenvalue weighted by atomic mass is 9.97. The van der Waals surface area contributed by atoms with Crippen LogP contribution in [0.5, 0.6) is 0 Å². The third-order valence-corrected chi connectivity index (χ3v) is 7.97. The average molecular weight is 510 g/mol. The second kappa shape index (κ2) is 8.73. The summed E-state index contributed by atoms with van der Waals surface area (Å²) in [5.74, 6) is 0. The Balaban J connectivity index is 1.47. The molecule has 0 saturated carbocycles. The van der Waals surface area contributed by atoms with Crippen molar-refractivity contribution < 1.29 is 0 Å². The first-order valence-corrected chi connectivity index (χ1v) is 13.4. The van der Waals surface area contributed by atoms with E-state index in [-0.39, 0.29) is 0 Å². The number of rotatable bonds is 3. The predicted molar refractivity (Wildman–Crippen MR) is 165 cm³/mol. The van der Waals surface area contributed by atoms with Crippen LogP contribution >= 0.6 is 0 Å². The summed E-state index contributed by atoms with van der Waals surface area (Å²) < 4.78 is 4.71. The van der Waals surface area contributed by atoms with Gasteiger partial charge in [0.25, 0.3) is 0 Å². The van der Waals surface area contributed by atoms with Gasteiger partial charge in [-0.2, -0.15) is 5.26 Å². The Morgan fingerprint density at radius 2 is 0.950 bits per heavy atom. The Morgan fingerprint density at radius 1 is 0.425 bits per heavy atom. The molecule has 0 aliphatic rings. The van der Waals surface area contributed by atoms with Gasteiger partial charge < -0.3 is 9.13 Å². The maximum Gasteiger partial charge on any atom is 0.0991 e. The molecule has 0 atom stereocenters. The number of hydrogen-bond acceptors (Lipinski definition) is 1. The van der Waals surface area contributed by atoms with Crippen molar-refractivity contribution in [2.45, 2.75) is 0 Å². The van der Waals surface area contributed by atoms with Crippen molar-refractivity contribution in [3.8, 4) is 28.6 Å². The summed E-state index contributed by atoms with van der Waals surface area (Å²) in [4.78, 5) is 0. The Labute approximate surface area is 231 Å². The van der Waals surface area contributed by atoms with E-state index in [0.29, 0.717) is 5.56 Å². The lowest BCUT2D eigenvalue weighted by molar-refractivity contribution is 1.18. The zero-order valence-electron chi connectivity index (χ0n) is 21.6. The highest BCUT2D eigenvalue weighted by atomic mass is 15.0. The topological polar surface area (TPSA) is 33.6 Å². The SMILES string of the molecule is N#Cc1ccc(-n2c3ccccc3c3c(-c4ccccc4-n4c5ccccc5c5ccccc54)cccc32)cc1. The first kappa shape index (κ1) is 22.4. The van der Waals surface area contributed by atoms with E-state index in [9.17, 15) is 5.26 Å². The van der Waals surface area contributed by atoms with Crippen LogP contribution < -0.4 is 0 Å². The number of nitriles is 1. The summed E-state index contributed by atoms with van der Waals surface area (Å²) in [6.45, 7) is 0. The molecule has 0 saturated heterocycles. The fraction of sp³-hybridized carbons (Fsp3) is 0. The van der Waals surface area contributed by atoms with Crippen molar-refractivity contribution in [1.82, 2.24) is 9.13 Å². The van der Waals surface area contributed by atoms with Gasteiger partial charge in [-0.3, -0.25) is 0 Å². The molecule has 3 nitrogen and oxygen atoms in total. The summed E-state index contributed by atoms with van der Waals surface area (Å²) in [5, 5.41) is 14.3. The lowest BCUT2D eigenvalue weighted by Gasteiger charge is -2.15. The minimum absolute atomic E-state index is 0.658. The average Bonchev–Trinajstić information content (AvgIpc) is 3.54. The fourth-order valence-corrected chi connectivity index (χ4v) is 6.29. The van der Waals surface area contributed by atoms with E-state index in [1.165, 1.54) is 43.7 Å². The summed E-state index contributed by atoms with van der Waals surface area (Å²) in [6.07, 6.45) is 0. The van der Waals surface area contributed by atoms with Gasteiger partial charge in [0.2, 0.25) is 0 Å². The highest BCUT2D eigenvalue weighted by molar-refractivity contribution is 6.17. The third-order valence-electron chi connectivity index (χ3n) is 7.97. The second-order valence-electron chi connectivity index (χ2n) is 10.1. The zero-order valence-corrected chi connectivity index (χ0v) is 21.6. The number of hydrogen-bond donors (Lipinski definition) is 0. The van der Waals surface area contributed by atoms with Gasteiger partial charge in [0, 0.05) is 32.8 Å². The van der Waals surface area contributed by atoms with E-state index in [0.717, 1.165) is 22.4 Å². The monoisotopic (exact) mass is 509 g/mol. The van der Waals surface area contributed by atoms with Crippen LogP contribution in [-0.2, 0) is 0 Å². The molecule has 2 heterocycles. The molecule has 8 rings (SSSR count). The molecular formula is C37H23N3. The quantitative estimate of drug-likeness (QED) is 0.233. The van der Waals surface area contributed by atoms with Gasteiger partial charge in [-0.05, 0) is 60.2 Å². The van der Waals surface area contributed by atoms with Crippen molar-refractivity contribution in [2.24, 2.45) is 0 Å². The molecule has 8 aromatic rings. The second-order valence-corrected chi connectivity index (χ2v) is 10.1. The molecule has 3 heteroatoms. The molecule has 0 bridgehead atoms. The van der Waals surface area contributed by atoms with Crippen LogP contribution in [0.1, 0.15) is 5.56 Å². The van der Waals surface area contributed by atoms with Gasteiger partial charge >= 0.3 is 0 Å². The molecule has 0 amide bonds. The molecule has 186 valence electrons. The predicted octanol–water partition coefficient (Wildman–Crippen LogP) is 9.42. The largest absolute Gasteiger partial charge is 0.309 e. The summed E-state index contributed by atoms with van der Waals surface area (Å²) in [6, 6.07) is 51.3. The molecule has 0 aliphatic carbocycles.